The van der Waals surface area contributed by atoms with Gasteiger partial charge >= 0.3 is 0 Å². The molecule has 3 rings (SSSR count). The maximum absolute atomic E-state index is 12.8. The highest BCUT2D eigenvalue weighted by molar-refractivity contribution is 7.91. The zero-order chi connectivity index (χ0) is 14.9. The van der Waals surface area contributed by atoms with Crippen molar-refractivity contribution in [1.29, 1.82) is 0 Å². The molecule has 0 amide bonds. The van der Waals surface area contributed by atoms with Gasteiger partial charge in [0.25, 0.3) is 10.0 Å². The summed E-state index contributed by atoms with van der Waals surface area (Å²) < 4.78 is 32.7. The van der Waals surface area contributed by atoms with Gasteiger partial charge in [0, 0.05) is 23.9 Å². The van der Waals surface area contributed by atoms with Crippen LogP contribution in [0.15, 0.2) is 39.2 Å². The minimum atomic E-state index is -3.50. The fraction of sp³-hybridized carbons (Fsp3) is 0.429. The van der Waals surface area contributed by atoms with Gasteiger partial charge in [-0.2, -0.15) is 4.31 Å². The van der Waals surface area contributed by atoms with E-state index < -0.39 is 10.0 Å². The molecule has 1 N–H and O–H groups in total. The highest BCUT2D eigenvalue weighted by Gasteiger charge is 2.39. The molecule has 0 aliphatic heterocycles. The van der Waals surface area contributed by atoms with Gasteiger partial charge in [0.05, 0.1) is 12.8 Å². The van der Waals surface area contributed by atoms with Crippen molar-refractivity contribution in [2.45, 2.75) is 36.1 Å². The van der Waals surface area contributed by atoms with E-state index in [4.69, 9.17) is 9.52 Å². The second kappa shape index (κ2) is 5.92. The van der Waals surface area contributed by atoms with E-state index in [-0.39, 0.29) is 19.2 Å². The van der Waals surface area contributed by atoms with Crippen LogP contribution in [0.5, 0.6) is 0 Å². The minimum absolute atomic E-state index is 0.0265. The fourth-order valence-corrected chi connectivity index (χ4v) is 5.31. The molecule has 0 atom stereocenters. The van der Waals surface area contributed by atoms with Crippen LogP contribution < -0.4 is 0 Å². The molecule has 21 heavy (non-hydrogen) atoms. The summed E-state index contributed by atoms with van der Waals surface area (Å²) in [6, 6.07) is 7.02. The SMILES string of the molecule is O=S(=O)(c1ccc(CCO)s1)N(Cc1ccco1)C1CC1. The van der Waals surface area contributed by atoms with Crippen LogP contribution in [0.1, 0.15) is 23.5 Å². The third kappa shape index (κ3) is 3.21. The van der Waals surface area contributed by atoms with Crippen molar-refractivity contribution < 1.29 is 17.9 Å². The lowest BCUT2D eigenvalue weighted by Gasteiger charge is -2.19. The third-order valence-corrected chi connectivity index (χ3v) is 6.91. The van der Waals surface area contributed by atoms with Gasteiger partial charge in [0.2, 0.25) is 0 Å². The molecule has 1 fully saturated rings. The van der Waals surface area contributed by atoms with Crippen molar-refractivity contribution in [1.82, 2.24) is 4.31 Å². The van der Waals surface area contributed by atoms with E-state index in [0.29, 0.717) is 16.4 Å². The van der Waals surface area contributed by atoms with Crippen LogP contribution in [0.25, 0.3) is 0 Å². The zero-order valence-electron chi connectivity index (χ0n) is 11.4. The van der Waals surface area contributed by atoms with Crippen LogP contribution >= 0.6 is 11.3 Å². The molecular weight excluding hydrogens is 310 g/mol. The maximum atomic E-state index is 12.8. The predicted octanol–water partition coefficient (Wildman–Crippen LogP) is 2.23. The number of sulfonamides is 1. The van der Waals surface area contributed by atoms with E-state index in [9.17, 15) is 8.42 Å². The Morgan fingerprint density at radius 1 is 1.33 bits per heavy atom. The van der Waals surface area contributed by atoms with Crippen LogP contribution in [0.4, 0.5) is 0 Å². The average molecular weight is 327 g/mol. The maximum Gasteiger partial charge on any atom is 0.253 e. The third-order valence-electron chi connectivity index (χ3n) is 3.40. The van der Waals surface area contributed by atoms with Crippen LogP contribution in [-0.2, 0) is 23.0 Å². The molecule has 114 valence electrons. The van der Waals surface area contributed by atoms with Crippen molar-refractivity contribution in [3.63, 3.8) is 0 Å². The highest BCUT2D eigenvalue weighted by atomic mass is 32.2. The van der Waals surface area contributed by atoms with Gasteiger partial charge in [-0.1, -0.05) is 0 Å². The van der Waals surface area contributed by atoms with Crippen molar-refractivity contribution in [3.05, 3.63) is 41.2 Å². The first-order chi connectivity index (χ1) is 10.1. The number of hydrogen-bond acceptors (Lipinski definition) is 5. The van der Waals surface area contributed by atoms with Gasteiger partial charge in [0.1, 0.15) is 9.97 Å². The summed E-state index contributed by atoms with van der Waals surface area (Å²) in [5.74, 6) is 0.651. The summed E-state index contributed by atoms with van der Waals surface area (Å²) in [6.45, 7) is 0.298. The molecule has 1 saturated carbocycles. The molecule has 1 aliphatic carbocycles. The molecule has 2 heterocycles. The Bertz CT molecular complexity index is 686. The largest absolute Gasteiger partial charge is 0.468 e. The molecule has 0 unspecified atom stereocenters. The fourth-order valence-electron chi connectivity index (χ4n) is 2.19. The Morgan fingerprint density at radius 3 is 2.76 bits per heavy atom. The normalized spacial score (nSPS) is 15.7. The molecule has 0 radical (unpaired) electrons. The Hall–Kier alpha value is -1.15. The Kier molecular flexibility index (Phi) is 4.17. The summed E-state index contributed by atoms with van der Waals surface area (Å²) in [7, 11) is -3.50. The lowest BCUT2D eigenvalue weighted by atomic mass is 10.4. The first-order valence-corrected chi connectivity index (χ1v) is 9.10. The molecular formula is C14H17NO4S2. The zero-order valence-corrected chi connectivity index (χ0v) is 13.1. The van der Waals surface area contributed by atoms with Crippen LogP contribution in [-0.4, -0.2) is 30.5 Å². The van der Waals surface area contributed by atoms with Crippen LogP contribution in [0.3, 0.4) is 0 Å². The summed E-state index contributed by atoms with van der Waals surface area (Å²) in [5.41, 5.74) is 0. The van der Waals surface area contributed by atoms with E-state index in [0.717, 1.165) is 17.7 Å². The number of hydrogen-bond donors (Lipinski definition) is 1. The molecule has 2 aromatic rings. The Labute approximate surface area is 127 Å². The standard InChI is InChI=1S/C14H17NO4S2/c16-8-7-13-5-6-14(20-13)21(17,18)15(11-3-4-11)10-12-2-1-9-19-12/h1-2,5-6,9,11,16H,3-4,7-8,10H2. The van der Waals surface area contributed by atoms with E-state index in [1.807, 2.05) is 0 Å². The Morgan fingerprint density at radius 2 is 2.14 bits per heavy atom. The first-order valence-electron chi connectivity index (χ1n) is 6.85. The second-order valence-electron chi connectivity index (χ2n) is 5.06. The van der Waals surface area contributed by atoms with Gasteiger partial charge in [-0.05, 0) is 37.1 Å². The van der Waals surface area contributed by atoms with Gasteiger partial charge in [-0.3, -0.25) is 0 Å². The predicted molar refractivity (Wildman–Crippen MR) is 79.6 cm³/mol. The summed E-state index contributed by atoms with van der Waals surface area (Å²) >= 11 is 1.23. The molecule has 7 heteroatoms. The van der Waals surface area contributed by atoms with E-state index in [1.54, 1.807) is 30.5 Å². The molecule has 0 bridgehead atoms. The lowest BCUT2D eigenvalue weighted by molar-refractivity contribution is 0.300. The summed E-state index contributed by atoms with van der Waals surface area (Å²) in [5, 5.41) is 8.94. The topological polar surface area (TPSA) is 70.8 Å². The molecule has 0 spiro atoms. The number of thiophene rings is 1. The quantitative estimate of drug-likeness (QED) is 0.846. The van der Waals surface area contributed by atoms with E-state index in [2.05, 4.69) is 0 Å². The smallest absolute Gasteiger partial charge is 0.253 e. The number of rotatable bonds is 7. The number of nitrogens with zero attached hydrogens (tertiary/aromatic N) is 1. The number of aliphatic hydroxyl groups excluding tert-OH is 1. The highest BCUT2D eigenvalue weighted by Crippen LogP contribution is 2.35. The number of aliphatic hydroxyl groups is 1. The van der Waals surface area contributed by atoms with Gasteiger partial charge in [0.15, 0.2) is 0 Å². The first kappa shape index (κ1) is 14.8. The van der Waals surface area contributed by atoms with Crippen molar-refractivity contribution in [2.75, 3.05) is 6.61 Å². The minimum Gasteiger partial charge on any atom is -0.468 e. The second-order valence-corrected chi connectivity index (χ2v) is 8.34. The van der Waals surface area contributed by atoms with Crippen molar-refractivity contribution in [2.24, 2.45) is 0 Å². The average Bonchev–Trinajstić information content (AvgIpc) is 2.96. The van der Waals surface area contributed by atoms with E-state index in [1.165, 1.54) is 15.6 Å². The molecule has 2 aromatic heterocycles. The molecule has 0 aromatic carbocycles. The van der Waals surface area contributed by atoms with Gasteiger partial charge < -0.3 is 9.52 Å². The molecule has 0 saturated heterocycles. The Balaban J connectivity index is 1.85. The summed E-state index contributed by atoms with van der Waals surface area (Å²) in [4.78, 5) is 0.879. The number of furan rings is 1. The van der Waals surface area contributed by atoms with Crippen molar-refractivity contribution in [3.8, 4) is 0 Å². The van der Waals surface area contributed by atoms with Gasteiger partial charge in [-0.15, -0.1) is 11.3 Å². The van der Waals surface area contributed by atoms with Crippen LogP contribution in [0, 0.1) is 0 Å². The molecule has 1 aliphatic rings. The summed E-state index contributed by atoms with van der Waals surface area (Å²) in [6.07, 6.45) is 3.84. The molecule has 5 nitrogen and oxygen atoms in total. The van der Waals surface area contributed by atoms with Crippen LogP contribution in [0.2, 0.25) is 0 Å². The lowest BCUT2D eigenvalue weighted by Crippen LogP contribution is -2.32. The van der Waals surface area contributed by atoms with Crippen molar-refractivity contribution >= 4 is 21.4 Å². The van der Waals surface area contributed by atoms with E-state index >= 15 is 0 Å². The van der Waals surface area contributed by atoms with Gasteiger partial charge in [-0.25, -0.2) is 8.42 Å². The monoisotopic (exact) mass is 327 g/mol.